The summed E-state index contributed by atoms with van der Waals surface area (Å²) in [5.41, 5.74) is 1.22. The minimum Gasteiger partial charge on any atom is -0.329 e. The number of hydrogen-bond donors (Lipinski definition) is 1. The molecule has 2 aromatic heterocycles. The van der Waals surface area contributed by atoms with E-state index in [2.05, 4.69) is 23.8 Å². The summed E-state index contributed by atoms with van der Waals surface area (Å²) >= 11 is 8.03. The van der Waals surface area contributed by atoms with Gasteiger partial charge < -0.3 is 4.90 Å². The molecule has 0 unspecified atom stereocenters. The zero-order chi connectivity index (χ0) is 12.7. The highest BCUT2D eigenvalue weighted by Gasteiger charge is 2.19. The Hall–Kier alpha value is -0.710. The van der Waals surface area contributed by atoms with Crippen molar-refractivity contribution in [3.63, 3.8) is 0 Å². The van der Waals surface area contributed by atoms with E-state index in [4.69, 9.17) is 11.6 Å². The molecule has 5 heteroatoms. The molecule has 1 aliphatic heterocycles. The van der Waals surface area contributed by atoms with Gasteiger partial charge in [-0.1, -0.05) is 11.6 Å². The monoisotopic (exact) mass is 282 g/mol. The highest BCUT2D eigenvalue weighted by atomic mass is 35.5. The van der Waals surface area contributed by atoms with Gasteiger partial charge in [0.2, 0.25) is 0 Å². The largest absolute Gasteiger partial charge is 0.329 e. The normalized spacial score (nSPS) is 16.8. The summed E-state index contributed by atoms with van der Waals surface area (Å²) in [5, 5.41) is 1.66. The number of thiophene rings is 1. The Kier molecular flexibility index (Phi) is 3.26. The lowest BCUT2D eigenvalue weighted by Crippen LogP contribution is -3.08. The van der Waals surface area contributed by atoms with Crippen LogP contribution in [0, 0.1) is 13.8 Å². The van der Waals surface area contributed by atoms with Crippen molar-refractivity contribution in [3.8, 4) is 0 Å². The highest BCUT2D eigenvalue weighted by molar-refractivity contribution is 7.18. The van der Waals surface area contributed by atoms with E-state index in [-0.39, 0.29) is 0 Å². The molecule has 1 saturated heterocycles. The topological polar surface area (TPSA) is 30.2 Å². The fourth-order valence-corrected chi connectivity index (χ4v) is 4.03. The van der Waals surface area contributed by atoms with Crippen LogP contribution in [0.4, 0.5) is 0 Å². The van der Waals surface area contributed by atoms with Gasteiger partial charge in [0.25, 0.3) is 0 Å². The standard InChI is InChI=1S/C13H16ClN3S/c1-8-9(2)18-13-11(8)12(14)15-10(16-13)7-17-5-3-4-6-17/h3-7H2,1-2H3/p+1. The summed E-state index contributed by atoms with van der Waals surface area (Å²) in [6.45, 7) is 7.59. The predicted molar refractivity (Wildman–Crippen MR) is 75.5 cm³/mol. The summed E-state index contributed by atoms with van der Waals surface area (Å²) in [6.07, 6.45) is 2.64. The van der Waals surface area contributed by atoms with Crippen LogP contribution in [0.3, 0.4) is 0 Å². The van der Waals surface area contributed by atoms with Crippen LogP contribution in [0.25, 0.3) is 10.2 Å². The maximum atomic E-state index is 6.31. The van der Waals surface area contributed by atoms with Crippen molar-refractivity contribution in [1.82, 2.24) is 9.97 Å². The Balaban J connectivity index is 1.99. The molecule has 1 aliphatic rings. The fourth-order valence-electron chi connectivity index (χ4n) is 2.60. The van der Waals surface area contributed by atoms with Gasteiger partial charge in [-0.15, -0.1) is 11.3 Å². The number of halogens is 1. The number of hydrogen-bond acceptors (Lipinski definition) is 3. The zero-order valence-electron chi connectivity index (χ0n) is 10.7. The Labute approximate surface area is 116 Å². The number of rotatable bonds is 2. The zero-order valence-corrected chi connectivity index (χ0v) is 12.3. The van der Waals surface area contributed by atoms with Gasteiger partial charge in [0.15, 0.2) is 5.82 Å². The van der Waals surface area contributed by atoms with E-state index in [0.29, 0.717) is 5.15 Å². The van der Waals surface area contributed by atoms with Gasteiger partial charge >= 0.3 is 0 Å². The molecular weight excluding hydrogens is 266 g/mol. The van der Waals surface area contributed by atoms with Gasteiger partial charge in [-0.2, -0.15) is 0 Å². The first-order valence-corrected chi connectivity index (χ1v) is 7.60. The van der Waals surface area contributed by atoms with Gasteiger partial charge in [-0.3, -0.25) is 0 Å². The molecule has 3 rings (SSSR count). The molecule has 0 radical (unpaired) electrons. The van der Waals surface area contributed by atoms with Crippen LogP contribution in [0.15, 0.2) is 0 Å². The third-order valence-electron chi connectivity index (χ3n) is 3.75. The van der Waals surface area contributed by atoms with E-state index in [0.717, 1.165) is 22.6 Å². The summed E-state index contributed by atoms with van der Waals surface area (Å²) in [4.78, 5) is 13.1. The minimum atomic E-state index is 0.621. The molecule has 0 aromatic carbocycles. The predicted octanol–water partition coefficient (Wildman–Crippen LogP) is 2.14. The lowest BCUT2D eigenvalue weighted by atomic mass is 10.2. The highest BCUT2D eigenvalue weighted by Crippen LogP contribution is 2.32. The van der Waals surface area contributed by atoms with Crippen LogP contribution in [0.5, 0.6) is 0 Å². The van der Waals surface area contributed by atoms with Gasteiger partial charge in [-0.25, -0.2) is 9.97 Å². The van der Waals surface area contributed by atoms with E-state index in [1.807, 2.05) is 0 Å². The van der Waals surface area contributed by atoms with Crippen LogP contribution in [0.2, 0.25) is 5.15 Å². The number of quaternary nitrogens is 1. The van der Waals surface area contributed by atoms with Crippen molar-refractivity contribution in [2.45, 2.75) is 33.2 Å². The quantitative estimate of drug-likeness (QED) is 0.856. The maximum absolute atomic E-state index is 6.31. The summed E-state index contributed by atoms with van der Waals surface area (Å²) in [6, 6.07) is 0. The van der Waals surface area contributed by atoms with E-state index in [9.17, 15) is 0 Å². The average molecular weight is 283 g/mol. The Bertz CT molecular complexity index is 587. The van der Waals surface area contributed by atoms with Crippen molar-refractivity contribution in [1.29, 1.82) is 0 Å². The van der Waals surface area contributed by atoms with Crippen LogP contribution < -0.4 is 4.90 Å². The first-order valence-electron chi connectivity index (χ1n) is 6.41. The molecule has 0 amide bonds. The molecule has 18 heavy (non-hydrogen) atoms. The van der Waals surface area contributed by atoms with E-state index in [1.165, 1.54) is 36.4 Å². The average Bonchev–Trinajstić information content (AvgIpc) is 2.89. The Morgan fingerprint density at radius 3 is 2.67 bits per heavy atom. The lowest BCUT2D eigenvalue weighted by Gasteiger charge is -2.10. The second kappa shape index (κ2) is 4.76. The van der Waals surface area contributed by atoms with Crippen LogP contribution in [-0.4, -0.2) is 23.1 Å². The molecule has 96 valence electrons. The van der Waals surface area contributed by atoms with E-state index >= 15 is 0 Å². The number of nitrogens with one attached hydrogen (secondary N) is 1. The lowest BCUT2D eigenvalue weighted by molar-refractivity contribution is -0.902. The smallest absolute Gasteiger partial charge is 0.186 e. The van der Waals surface area contributed by atoms with Crippen molar-refractivity contribution < 1.29 is 4.90 Å². The van der Waals surface area contributed by atoms with Gasteiger partial charge in [0.1, 0.15) is 16.5 Å². The minimum absolute atomic E-state index is 0.621. The first-order chi connectivity index (χ1) is 8.65. The maximum Gasteiger partial charge on any atom is 0.186 e. The second-order valence-corrected chi connectivity index (χ2v) is 6.59. The molecule has 3 heterocycles. The van der Waals surface area contributed by atoms with Gasteiger partial charge in [0, 0.05) is 17.7 Å². The Morgan fingerprint density at radius 1 is 1.22 bits per heavy atom. The molecule has 2 aromatic rings. The van der Waals surface area contributed by atoms with Gasteiger partial charge in [0.05, 0.1) is 18.5 Å². The number of likely N-dealkylation sites (tertiary alicyclic amines) is 1. The van der Waals surface area contributed by atoms with Crippen LogP contribution >= 0.6 is 22.9 Å². The third kappa shape index (κ3) is 2.13. The molecule has 0 spiro atoms. The van der Waals surface area contributed by atoms with Gasteiger partial charge in [-0.05, 0) is 19.4 Å². The van der Waals surface area contributed by atoms with Crippen molar-refractivity contribution in [2.75, 3.05) is 13.1 Å². The van der Waals surface area contributed by atoms with Crippen molar-refractivity contribution in [2.24, 2.45) is 0 Å². The number of nitrogens with zero attached hydrogens (tertiary/aromatic N) is 2. The second-order valence-electron chi connectivity index (χ2n) is 5.03. The number of aryl methyl sites for hydroxylation is 2. The molecule has 1 N–H and O–H groups in total. The number of aromatic nitrogens is 2. The van der Waals surface area contributed by atoms with E-state index < -0.39 is 0 Å². The molecule has 1 fully saturated rings. The van der Waals surface area contributed by atoms with Crippen molar-refractivity contribution >= 4 is 33.2 Å². The molecular formula is C13H17ClN3S+. The number of fused-ring (bicyclic) bond motifs is 1. The SMILES string of the molecule is Cc1sc2nc(C[NH+]3CCCC3)nc(Cl)c2c1C. The van der Waals surface area contributed by atoms with Crippen LogP contribution in [0.1, 0.15) is 29.1 Å². The van der Waals surface area contributed by atoms with E-state index in [1.54, 1.807) is 16.2 Å². The van der Waals surface area contributed by atoms with Crippen molar-refractivity contribution in [3.05, 3.63) is 21.4 Å². The van der Waals surface area contributed by atoms with Crippen LogP contribution in [-0.2, 0) is 6.54 Å². The summed E-state index contributed by atoms with van der Waals surface area (Å²) < 4.78 is 0. The molecule has 0 aliphatic carbocycles. The fraction of sp³-hybridized carbons (Fsp3) is 0.538. The third-order valence-corrected chi connectivity index (χ3v) is 5.12. The summed E-state index contributed by atoms with van der Waals surface area (Å²) in [7, 11) is 0. The summed E-state index contributed by atoms with van der Waals surface area (Å²) in [5.74, 6) is 0.894. The molecule has 0 atom stereocenters. The first kappa shape index (κ1) is 12.3. The molecule has 3 nitrogen and oxygen atoms in total. The Morgan fingerprint density at radius 2 is 1.94 bits per heavy atom. The molecule has 0 bridgehead atoms. The molecule has 0 saturated carbocycles.